The third-order valence-corrected chi connectivity index (χ3v) is 4.96. The molecule has 0 aliphatic rings. The van der Waals surface area contributed by atoms with Crippen LogP contribution in [-0.2, 0) is 4.74 Å². The largest absolute Gasteiger partial charge is 0.461 e. The minimum absolute atomic E-state index is 0.293. The molecule has 7 heteroatoms. The summed E-state index contributed by atoms with van der Waals surface area (Å²) in [5.74, 6) is 0.0269. The predicted molar refractivity (Wildman–Crippen MR) is 123 cm³/mol. The fourth-order valence-electron chi connectivity index (χ4n) is 3.45. The van der Waals surface area contributed by atoms with Crippen molar-refractivity contribution in [1.29, 1.82) is 0 Å². The molecule has 156 valence electrons. The molecule has 0 spiro atoms. The molecule has 0 aliphatic carbocycles. The molecular formula is C24H21ClN4O2. The van der Waals surface area contributed by atoms with Gasteiger partial charge in [-0.3, -0.25) is 0 Å². The number of aromatic nitrogens is 3. The van der Waals surface area contributed by atoms with E-state index >= 15 is 0 Å². The van der Waals surface area contributed by atoms with Crippen molar-refractivity contribution < 1.29 is 9.53 Å². The Hall–Kier alpha value is -3.64. The van der Waals surface area contributed by atoms with Gasteiger partial charge in [0.2, 0.25) is 5.95 Å². The van der Waals surface area contributed by atoms with Gasteiger partial charge in [-0.05, 0) is 43.7 Å². The van der Waals surface area contributed by atoms with Crippen molar-refractivity contribution in [1.82, 2.24) is 15.0 Å². The zero-order valence-electron chi connectivity index (χ0n) is 17.1. The van der Waals surface area contributed by atoms with Gasteiger partial charge in [0.05, 0.1) is 12.3 Å². The van der Waals surface area contributed by atoms with Gasteiger partial charge in [-0.15, -0.1) is 0 Å². The number of ether oxygens (including phenoxy) is 1. The van der Waals surface area contributed by atoms with Crippen LogP contribution < -0.4 is 5.32 Å². The van der Waals surface area contributed by atoms with Gasteiger partial charge in [0, 0.05) is 33.7 Å². The highest BCUT2D eigenvalue weighted by atomic mass is 35.5. The van der Waals surface area contributed by atoms with Crippen LogP contribution in [-0.4, -0.2) is 27.5 Å². The van der Waals surface area contributed by atoms with Crippen molar-refractivity contribution in [2.45, 2.75) is 13.8 Å². The van der Waals surface area contributed by atoms with E-state index in [-0.39, 0.29) is 0 Å². The van der Waals surface area contributed by atoms with E-state index in [1.807, 2.05) is 55.5 Å². The monoisotopic (exact) mass is 432 g/mol. The molecule has 4 aromatic rings. The topological polar surface area (TPSA) is 79.9 Å². The molecule has 0 atom stereocenters. The van der Waals surface area contributed by atoms with Gasteiger partial charge in [-0.2, -0.15) is 0 Å². The fraction of sp³-hybridized carbons (Fsp3) is 0.125. The average Bonchev–Trinajstić information content (AvgIpc) is 3.12. The number of carbonyl (C=O) groups excluding carboxylic acids is 1. The number of esters is 1. The Balaban J connectivity index is 1.82. The summed E-state index contributed by atoms with van der Waals surface area (Å²) in [5, 5.41) is 3.79. The van der Waals surface area contributed by atoms with Gasteiger partial charge in [0.25, 0.3) is 0 Å². The van der Waals surface area contributed by atoms with Crippen molar-refractivity contribution in [3.63, 3.8) is 0 Å². The maximum absolute atomic E-state index is 12.7. The first-order valence-electron chi connectivity index (χ1n) is 9.88. The molecule has 2 heterocycles. The van der Waals surface area contributed by atoms with Gasteiger partial charge in [0.15, 0.2) is 0 Å². The summed E-state index contributed by atoms with van der Waals surface area (Å²) in [6, 6.07) is 18.9. The molecule has 2 aromatic heterocycles. The Bertz CT molecular complexity index is 1220. The highest BCUT2D eigenvalue weighted by molar-refractivity contribution is 6.30. The molecule has 0 unspecified atom stereocenters. The molecule has 0 saturated heterocycles. The molecule has 6 nitrogen and oxygen atoms in total. The smallest absolute Gasteiger partial charge is 0.355 e. The van der Waals surface area contributed by atoms with E-state index in [1.54, 1.807) is 25.3 Å². The summed E-state index contributed by atoms with van der Waals surface area (Å²) in [6.07, 6.45) is 1.68. The lowest BCUT2D eigenvalue weighted by molar-refractivity contribution is 0.0521. The van der Waals surface area contributed by atoms with Gasteiger partial charge in [0.1, 0.15) is 5.69 Å². The SMILES string of the molecule is CCOC(=O)c1[nH]c(C)c(-c2ccnc(Nc3cccc(Cl)c3)n2)c1-c1ccccc1. The number of nitrogens with zero attached hydrogens (tertiary/aromatic N) is 2. The Morgan fingerprint density at radius 2 is 1.90 bits per heavy atom. The molecule has 2 N–H and O–H groups in total. The van der Waals surface area contributed by atoms with Crippen LogP contribution in [0.3, 0.4) is 0 Å². The van der Waals surface area contributed by atoms with Crippen LogP contribution in [0.25, 0.3) is 22.4 Å². The number of aryl methyl sites for hydroxylation is 1. The van der Waals surface area contributed by atoms with E-state index in [4.69, 9.17) is 21.3 Å². The lowest BCUT2D eigenvalue weighted by Crippen LogP contribution is -2.06. The number of hydrogen-bond acceptors (Lipinski definition) is 5. The van der Waals surface area contributed by atoms with Crippen molar-refractivity contribution in [2.24, 2.45) is 0 Å². The maximum Gasteiger partial charge on any atom is 0.355 e. The summed E-state index contributed by atoms with van der Waals surface area (Å²) in [5.41, 5.74) is 5.16. The van der Waals surface area contributed by atoms with E-state index in [2.05, 4.69) is 15.3 Å². The van der Waals surface area contributed by atoms with Gasteiger partial charge in [-0.1, -0.05) is 48.0 Å². The number of carbonyl (C=O) groups is 1. The molecule has 4 rings (SSSR count). The lowest BCUT2D eigenvalue weighted by atomic mass is 9.98. The van der Waals surface area contributed by atoms with E-state index in [0.29, 0.717) is 29.0 Å². The number of halogens is 1. The van der Waals surface area contributed by atoms with Crippen molar-refractivity contribution in [3.05, 3.63) is 83.3 Å². The summed E-state index contributed by atoms with van der Waals surface area (Å²) < 4.78 is 5.28. The first-order chi connectivity index (χ1) is 15.1. The summed E-state index contributed by atoms with van der Waals surface area (Å²) in [4.78, 5) is 24.9. The van der Waals surface area contributed by atoms with E-state index in [9.17, 15) is 4.79 Å². The standard InChI is InChI=1S/C24H21ClN4O2/c1-3-31-23(30)22-21(16-8-5-4-6-9-16)20(15(2)27-22)19-12-13-26-24(29-19)28-18-11-7-10-17(25)14-18/h4-14,27H,3H2,1-2H3,(H,26,28,29). The Morgan fingerprint density at radius 1 is 1.10 bits per heavy atom. The molecule has 2 aromatic carbocycles. The number of H-pyrrole nitrogens is 1. The number of hydrogen-bond donors (Lipinski definition) is 2. The van der Waals surface area contributed by atoms with Crippen molar-refractivity contribution in [2.75, 3.05) is 11.9 Å². The molecule has 0 aliphatic heterocycles. The van der Waals surface area contributed by atoms with Crippen LogP contribution in [0.1, 0.15) is 23.1 Å². The minimum Gasteiger partial charge on any atom is -0.461 e. The Labute approximate surface area is 185 Å². The maximum atomic E-state index is 12.7. The zero-order valence-corrected chi connectivity index (χ0v) is 17.9. The van der Waals surface area contributed by atoms with Crippen molar-refractivity contribution in [3.8, 4) is 22.4 Å². The van der Waals surface area contributed by atoms with E-state index in [1.165, 1.54) is 0 Å². The van der Waals surface area contributed by atoms with Crippen LogP contribution in [0.5, 0.6) is 0 Å². The highest BCUT2D eigenvalue weighted by Gasteiger charge is 2.24. The number of anilines is 2. The molecule has 0 amide bonds. The second-order valence-electron chi connectivity index (χ2n) is 6.86. The summed E-state index contributed by atoms with van der Waals surface area (Å²) in [6.45, 7) is 3.99. The van der Waals surface area contributed by atoms with Crippen LogP contribution in [0.15, 0.2) is 66.9 Å². The van der Waals surface area contributed by atoms with Crippen LogP contribution in [0, 0.1) is 6.92 Å². The van der Waals surface area contributed by atoms with Gasteiger partial charge >= 0.3 is 5.97 Å². The summed E-state index contributed by atoms with van der Waals surface area (Å²) in [7, 11) is 0. The quantitative estimate of drug-likeness (QED) is 0.364. The molecule has 0 bridgehead atoms. The first kappa shape index (κ1) is 20.6. The van der Waals surface area contributed by atoms with E-state index in [0.717, 1.165) is 28.1 Å². The normalized spacial score (nSPS) is 10.7. The second kappa shape index (κ2) is 9.02. The van der Waals surface area contributed by atoms with Crippen LogP contribution in [0.4, 0.5) is 11.6 Å². The fourth-order valence-corrected chi connectivity index (χ4v) is 3.64. The average molecular weight is 433 g/mol. The Kier molecular flexibility index (Phi) is 6.00. The number of nitrogens with one attached hydrogen (secondary N) is 2. The molecular weight excluding hydrogens is 412 g/mol. The van der Waals surface area contributed by atoms with Gasteiger partial charge < -0.3 is 15.0 Å². The third kappa shape index (κ3) is 4.44. The Morgan fingerprint density at radius 3 is 2.65 bits per heavy atom. The van der Waals surface area contributed by atoms with E-state index < -0.39 is 5.97 Å². The molecule has 0 radical (unpaired) electrons. The lowest BCUT2D eigenvalue weighted by Gasteiger charge is -2.10. The van der Waals surface area contributed by atoms with Gasteiger partial charge in [-0.25, -0.2) is 14.8 Å². The zero-order chi connectivity index (χ0) is 21.8. The highest BCUT2D eigenvalue weighted by Crippen LogP contribution is 2.37. The summed E-state index contributed by atoms with van der Waals surface area (Å²) >= 11 is 6.08. The predicted octanol–water partition coefficient (Wildman–Crippen LogP) is 6.02. The minimum atomic E-state index is -0.401. The number of aromatic amines is 1. The van der Waals surface area contributed by atoms with Crippen molar-refractivity contribution >= 4 is 29.2 Å². The molecule has 31 heavy (non-hydrogen) atoms. The third-order valence-electron chi connectivity index (χ3n) is 4.72. The molecule has 0 saturated carbocycles. The second-order valence-corrected chi connectivity index (χ2v) is 7.30. The first-order valence-corrected chi connectivity index (χ1v) is 10.3. The molecule has 0 fully saturated rings. The number of benzene rings is 2. The van der Waals surface area contributed by atoms with Crippen LogP contribution >= 0.6 is 11.6 Å². The number of rotatable bonds is 6. The van der Waals surface area contributed by atoms with Crippen LogP contribution in [0.2, 0.25) is 5.02 Å².